The number of fused-ring (bicyclic) bond motifs is 1. The smallest absolute Gasteiger partial charge is 0.254 e. The second-order valence-electron chi connectivity index (χ2n) is 8.53. The number of pyridine rings is 1. The van der Waals surface area contributed by atoms with E-state index < -0.39 is 5.91 Å². The second-order valence-corrected chi connectivity index (χ2v) is 8.53. The number of primary amides is 1. The Morgan fingerprint density at radius 1 is 1.03 bits per heavy atom. The van der Waals surface area contributed by atoms with E-state index in [4.69, 9.17) is 5.73 Å². The number of nitrogens with two attached hydrogens (primary N) is 1. The molecule has 0 aliphatic carbocycles. The van der Waals surface area contributed by atoms with Crippen LogP contribution in [0.15, 0.2) is 73.1 Å². The van der Waals surface area contributed by atoms with Crippen molar-refractivity contribution in [1.29, 1.82) is 0 Å². The Kier molecular flexibility index (Phi) is 5.71. The van der Waals surface area contributed by atoms with Gasteiger partial charge in [-0.25, -0.2) is 4.98 Å². The zero-order valence-electron chi connectivity index (χ0n) is 18.7. The minimum Gasteiger partial charge on any atom is -0.369 e. The number of benzene rings is 2. The van der Waals surface area contributed by atoms with Crippen molar-refractivity contribution in [2.45, 2.75) is 6.42 Å². The van der Waals surface area contributed by atoms with Crippen LogP contribution in [0.1, 0.15) is 21.6 Å². The van der Waals surface area contributed by atoms with Gasteiger partial charge >= 0.3 is 0 Å². The first-order valence-corrected chi connectivity index (χ1v) is 11.2. The summed E-state index contributed by atoms with van der Waals surface area (Å²) in [6.45, 7) is 4.18. The van der Waals surface area contributed by atoms with Crippen LogP contribution in [0.3, 0.4) is 0 Å². The summed E-state index contributed by atoms with van der Waals surface area (Å²) in [5.41, 5.74) is 11.7. The molecule has 0 radical (unpaired) electrons. The van der Waals surface area contributed by atoms with E-state index in [1.54, 1.807) is 6.20 Å². The van der Waals surface area contributed by atoms with Crippen LogP contribution >= 0.6 is 0 Å². The van der Waals surface area contributed by atoms with Gasteiger partial charge in [-0.2, -0.15) is 0 Å². The van der Waals surface area contributed by atoms with Crippen molar-refractivity contribution >= 4 is 28.6 Å². The van der Waals surface area contributed by atoms with E-state index in [1.165, 1.54) is 11.3 Å². The van der Waals surface area contributed by atoms with E-state index in [0.29, 0.717) is 23.3 Å². The van der Waals surface area contributed by atoms with Gasteiger partial charge in [0.25, 0.3) is 5.91 Å². The Morgan fingerprint density at radius 3 is 2.45 bits per heavy atom. The minimum absolute atomic E-state index is 0.389. The highest BCUT2D eigenvalue weighted by Gasteiger charge is 2.19. The number of hydrogen-bond donors (Lipinski definition) is 2. The number of amides is 1. The molecule has 1 aliphatic heterocycles. The molecule has 0 spiro atoms. The number of nitrogens with zero attached hydrogens (tertiary/aromatic N) is 4. The molecular weight excluding hydrogens is 412 g/mol. The summed E-state index contributed by atoms with van der Waals surface area (Å²) in [6, 6.07) is 20.6. The van der Waals surface area contributed by atoms with Gasteiger partial charge in [0.2, 0.25) is 0 Å². The fourth-order valence-electron chi connectivity index (χ4n) is 4.41. The quantitative estimate of drug-likeness (QED) is 0.480. The summed E-state index contributed by atoms with van der Waals surface area (Å²) >= 11 is 0. The number of piperazine rings is 1. The zero-order chi connectivity index (χ0) is 22.8. The Labute approximate surface area is 193 Å². The average Bonchev–Trinajstić information content (AvgIpc) is 3.31. The van der Waals surface area contributed by atoms with E-state index >= 15 is 0 Å². The van der Waals surface area contributed by atoms with E-state index in [1.807, 2.05) is 47.0 Å². The number of carbonyl (C=O) groups is 1. The fourth-order valence-corrected chi connectivity index (χ4v) is 4.41. The van der Waals surface area contributed by atoms with Crippen LogP contribution < -0.4 is 16.0 Å². The molecule has 0 atom stereocenters. The average molecular weight is 441 g/mol. The first-order chi connectivity index (χ1) is 16.1. The third-order valence-corrected chi connectivity index (χ3v) is 6.24. The molecule has 0 unspecified atom stereocenters. The van der Waals surface area contributed by atoms with Crippen molar-refractivity contribution < 1.29 is 4.79 Å². The van der Waals surface area contributed by atoms with Crippen LogP contribution in [-0.2, 0) is 6.42 Å². The molecule has 3 heterocycles. The van der Waals surface area contributed by atoms with Gasteiger partial charge in [-0.1, -0.05) is 30.3 Å². The van der Waals surface area contributed by atoms with Gasteiger partial charge < -0.3 is 25.3 Å². The fraction of sp³-hybridized carbons (Fsp3) is 0.231. The van der Waals surface area contributed by atoms with Gasteiger partial charge in [-0.3, -0.25) is 4.79 Å². The standard InChI is InChI=1S/C26H28N6O/c1-30-13-15-31(16-14-30)21-9-7-20(8-10-21)29-23-18-22(17-19-5-3-2-4-6-19)32-12-11-28-26(32)24(23)25(27)33/h2-12,18,29H,13-17H2,1H3,(H2,27,33). The van der Waals surface area contributed by atoms with Gasteiger partial charge in [0.05, 0.1) is 5.69 Å². The number of carbonyl (C=O) groups excluding carboxylic acids is 1. The Bertz CT molecular complexity index is 1260. The summed E-state index contributed by atoms with van der Waals surface area (Å²) in [7, 11) is 2.16. The normalized spacial score (nSPS) is 14.5. The molecule has 0 bridgehead atoms. The molecule has 7 heteroatoms. The maximum atomic E-state index is 12.4. The van der Waals surface area contributed by atoms with Gasteiger partial charge in [0.1, 0.15) is 5.56 Å². The topological polar surface area (TPSA) is 78.9 Å². The molecule has 1 aliphatic rings. The second kappa shape index (κ2) is 8.96. The summed E-state index contributed by atoms with van der Waals surface area (Å²) in [5, 5.41) is 3.42. The number of aromatic nitrogens is 2. The van der Waals surface area contributed by atoms with Crippen LogP contribution in [0.25, 0.3) is 5.65 Å². The van der Waals surface area contributed by atoms with E-state index in [9.17, 15) is 4.79 Å². The van der Waals surface area contributed by atoms with Crippen molar-refractivity contribution in [1.82, 2.24) is 14.3 Å². The van der Waals surface area contributed by atoms with Crippen LogP contribution in [-0.4, -0.2) is 53.4 Å². The number of nitrogens with one attached hydrogen (secondary N) is 1. The predicted octanol–water partition coefficient (Wildman–Crippen LogP) is 3.52. The maximum absolute atomic E-state index is 12.4. The SMILES string of the molecule is CN1CCN(c2ccc(Nc3cc(Cc4ccccc4)n4ccnc4c3C(N)=O)cc2)CC1. The number of rotatable bonds is 6. The number of hydrogen-bond acceptors (Lipinski definition) is 5. The third-order valence-electron chi connectivity index (χ3n) is 6.24. The molecule has 1 amide bonds. The molecule has 2 aromatic heterocycles. The van der Waals surface area contributed by atoms with Crippen molar-refractivity contribution in [3.63, 3.8) is 0 Å². The maximum Gasteiger partial charge on any atom is 0.254 e. The van der Waals surface area contributed by atoms with Crippen molar-refractivity contribution in [3.05, 3.63) is 89.9 Å². The molecule has 168 valence electrons. The molecule has 0 saturated carbocycles. The zero-order valence-corrected chi connectivity index (χ0v) is 18.7. The number of imidazole rings is 1. The molecule has 1 saturated heterocycles. The van der Waals surface area contributed by atoms with Gasteiger partial charge in [0, 0.05) is 62.1 Å². The van der Waals surface area contributed by atoms with Crippen LogP contribution in [0, 0.1) is 0 Å². The largest absolute Gasteiger partial charge is 0.369 e. The predicted molar refractivity (Wildman–Crippen MR) is 132 cm³/mol. The van der Waals surface area contributed by atoms with Gasteiger partial charge in [-0.05, 0) is 42.9 Å². The lowest BCUT2D eigenvalue weighted by Crippen LogP contribution is -2.44. The first-order valence-electron chi connectivity index (χ1n) is 11.2. The highest BCUT2D eigenvalue weighted by molar-refractivity contribution is 6.05. The lowest BCUT2D eigenvalue weighted by Gasteiger charge is -2.34. The molecule has 7 nitrogen and oxygen atoms in total. The summed E-state index contributed by atoms with van der Waals surface area (Å²) in [5.74, 6) is -0.506. The van der Waals surface area contributed by atoms with Gasteiger partial charge in [-0.15, -0.1) is 0 Å². The van der Waals surface area contributed by atoms with Crippen molar-refractivity contribution in [3.8, 4) is 0 Å². The summed E-state index contributed by atoms with van der Waals surface area (Å²) in [4.78, 5) is 21.6. The summed E-state index contributed by atoms with van der Waals surface area (Å²) in [6.07, 6.45) is 4.28. The lowest BCUT2D eigenvalue weighted by atomic mass is 10.1. The minimum atomic E-state index is -0.506. The molecule has 5 rings (SSSR count). The van der Waals surface area contributed by atoms with E-state index in [2.05, 4.69) is 51.4 Å². The Morgan fingerprint density at radius 2 is 1.76 bits per heavy atom. The monoisotopic (exact) mass is 440 g/mol. The molecule has 4 aromatic rings. The van der Waals surface area contributed by atoms with Crippen LogP contribution in [0.2, 0.25) is 0 Å². The van der Waals surface area contributed by atoms with E-state index in [-0.39, 0.29) is 0 Å². The number of likely N-dealkylation sites (N-methyl/N-ethyl adjacent to an activating group) is 1. The molecule has 33 heavy (non-hydrogen) atoms. The highest BCUT2D eigenvalue weighted by Crippen LogP contribution is 2.28. The summed E-state index contributed by atoms with van der Waals surface area (Å²) < 4.78 is 1.94. The molecule has 3 N–H and O–H groups in total. The Balaban J connectivity index is 1.47. The van der Waals surface area contributed by atoms with Crippen molar-refractivity contribution in [2.75, 3.05) is 43.4 Å². The Hall–Kier alpha value is -3.84. The molecular formula is C26H28N6O. The first kappa shape index (κ1) is 21.0. The van der Waals surface area contributed by atoms with Crippen molar-refractivity contribution in [2.24, 2.45) is 5.73 Å². The third kappa shape index (κ3) is 4.40. The lowest BCUT2D eigenvalue weighted by molar-refractivity contribution is 0.100. The van der Waals surface area contributed by atoms with Gasteiger partial charge in [0.15, 0.2) is 5.65 Å². The molecule has 1 fully saturated rings. The van der Waals surface area contributed by atoms with Crippen LogP contribution in [0.5, 0.6) is 0 Å². The molecule has 2 aromatic carbocycles. The number of anilines is 3. The highest BCUT2D eigenvalue weighted by atomic mass is 16.1. The van der Waals surface area contributed by atoms with Crippen LogP contribution in [0.4, 0.5) is 17.1 Å². The van der Waals surface area contributed by atoms with E-state index in [0.717, 1.165) is 37.6 Å².